The maximum Gasteiger partial charge on any atom is 0.296 e. The molecule has 0 heterocycles. The average Bonchev–Trinajstić information content (AvgIpc) is 2.82. The largest absolute Gasteiger partial charge is 0.497 e. The average molecular weight is 431 g/mol. The van der Waals surface area contributed by atoms with Gasteiger partial charge in [-0.15, -0.1) is 0 Å². The van der Waals surface area contributed by atoms with Crippen LogP contribution in [0.2, 0.25) is 0 Å². The van der Waals surface area contributed by atoms with Crippen molar-refractivity contribution in [1.82, 2.24) is 4.90 Å². The van der Waals surface area contributed by atoms with Gasteiger partial charge in [0.05, 0.1) is 13.2 Å². The fourth-order valence-corrected chi connectivity index (χ4v) is 3.24. The van der Waals surface area contributed by atoms with E-state index in [-0.39, 0.29) is 12.0 Å². The van der Waals surface area contributed by atoms with Crippen LogP contribution in [0.4, 0.5) is 0 Å². The highest BCUT2D eigenvalue weighted by molar-refractivity contribution is 6.01. The van der Waals surface area contributed by atoms with Crippen molar-refractivity contribution in [2.45, 2.75) is 32.9 Å². The number of nitrogens with zero attached hydrogens (tertiary/aromatic N) is 2. The predicted octanol–water partition coefficient (Wildman–Crippen LogP) is 5.36. The third-order valence-electron chi connectivity index (χ3n) is 4.85. The number of amidine groups is 1. The minimum Gasteiger partial charge on any atom is -0.497 e. The molecule has 3 rings (SSSR count). The molecule has 3 aromatic carbocycles. The van der Waals surface area contributed by atoms with Crippen LogP contribution in [0.25, 0.3) is 0 Å². The molecule has 0 aromatic heterocycles. The number of benzene rings is 3. The van der Waals surface area contributed by atoms with Crippen molar-refractivity contribution < 1.29 is 14.3 Å². The zero-order chi connectivity index (χ0) is 22.8. The van der Waals surface area contributed by atoms with E-state index in [1.165, 1.54) is 5.56 Å². The molecule has 0 atom stereocenters. The molecule has 0 saturated carbocycles. The van der Waals surface area contributed by atoms with Crippen LogP contribution in [0, 0.1) is 0 Å². The van der Waals surface area contributed by atoms with Crippen molar-refractivity contribution in [3.8, 4) is 5.75 Å². The first-order chi connectivity index (χ1) is 15.5. The lowest BCUT2D eigenvalue weighted by atomic mass is 10.1. The van der Waals surface area contributed by atoms with E-state index in [2.05, 4.69) is 29.3 Å². The molecule has 1 amide bonds. The maximum atomic E-state index is 13.0. The zero-order valence-corrected chi connectivity index (χ0v) is 18.9. The standard InChI is InChI=1S/C27H30N2O3/c1-21(2)32-27(28-26(30)24-15-10-16-25(19-24)31-3)29(20-23-13-8-5-9-14-23)18-17-22-11-6-4-7-12-22/h4-16,19,21H,17-18,20H2,1-3H3. The summed E-state index contributed by atoms with van der Waals surface area (Å²) in [5.74, 6) is 0.250. The Morgan fingerprint density at radius 2 is 1.56 bits per heavy atom. The molecule has 0 aliphatic heterocycles. The summed E-state index contributed by atoms with van der Waals surface area (Å²) in [4.78, 5) is 19.4. The second kappa shape index (κ2) is 11.7. The lowest BCUT2D eigenvalue weighted by molar-refractivity contribution is 0.0987. The molecule has 0 fully saturated rings. The highest BCUT2D eigenvalue weighted by Gasteiger charge is 2.18. The van der Waals surface area contributed by atoms with Gasteiger partial charge < -0.3 is 14.4 Å². The molecular weight excluding hydrogens is 400 g/mol. The van der Waals surface area contributed by atoms with E-state index in [1.54, 1.807) is 31.4 Å². The van der Waals surface area contributed by atoms with Gasteiger partial charge in [0.2, 0.25) is 0 Å². The molecule has 5 nitrogen and oxygen atoms in total. The summed E-state index contributed by atoms with van der Waals surface area (Å²) in [6.45, 7) is 5.12. The van der Waals surface area contributed by atoms with E-state index in [0.717, 1.165) is 12.0 Å². The van der Waals surface area contributed by atoms with Crippen LogP contribution in [-0.2, 0) is 17.7 Å². The van der Waals surface area contributed by atoms with Gasteiger partial charge in [-0.3, -0.25) is 4.79 Å². The molecule has 0 saturated heterocycles. The Bertz CT molecular complexity index is 1020. The minimum atomic E-state index is -0.364. The lowest BCUT2D eigenvalue weighted by Crippen LogP contribution is -2.36. The van der Waals surface area contributed by atoms with Gasteiger partial charge in [0, 0.05) is 18.7 Å². The van der Waals surface area contributed by atoms with E-state index in [4.69, 9.17) is 9.47 Å². The van der Waals surface area contributed by atoms with Gasteiger partial charge in [-0.2, -0.15) is 4.99 Å². The first-order valence-corrected chi connectivity index (χ1v) is 10.8. The number of carbonyl (C=O) groups excluding carboxylic acids is 1. The number of rotatable bonds is 8. The summed E-state index contributed by atoms with van der Waals surface area (Å²) >= 11 is 0. The van der Waals surface area contributed by atoms with Crippen LogP contribution in [0.15, 0.2) is 89.9 Å². The Hall–Kier alpha value is -3.60. The van der Waals surface area contributed by atoms with Crippen LogP contribution < -0.4 is 4.74 Å². The number of ether oxygens (including phenoxy) is 2. The van der Waals surface area contributed by atoms with Crippen molar-refractivity contribution in [2.24, 2.45) is 4.99 Å². The second-order valence-corrected chi connectivity index (χ2v) is 7.74. The number of hydrogen-bond acceptors (Lipinski definition) is 3. The Kier molecular flexibility index (Phi) is 8.44. The van der Waals surface area contributed by atoms with Gasteiger partial charge in [-0.1, -0.05) is 66.7 Å². The van der Waals surface area contributed by atoms with Crippen molar-refractivity contribution in [3.05, 3.63) is 102 Å². The second-order valence-electron chi connectivity index (χ2n) is 7.74. The van der Waals surface area contributed by atoms with Gasteiger partial charge in [-0.25, -0.2) is 0 Å². The number of hydrogen-bond donors (Lipinski definition) is 0. The molecule has 0 bridgehead atoms. The molecule has 5 heteroatoms. The van der Waals surface area contributed by atoms with E-state index < -0.39 is 0 Å². The zero-order valence-electron chi connectivity index (χ0n) is 18.9. The Balaban J connectivity index is 1.90. The Morgan fingerprint density at radius 1 is 0.906 bits per heavy atom. The fraction of sp³-hybridized carbons (Fsp3) is 0.259. The van der Waals surface area contributed by atoms with Gasteiger partial charge >= 0.3 is 0 Å². The van der Waals surface area contributed by atoms with Crippen LogP contribution in [0.5, 0.6) is 5.75 Å². The summed E-state index contributed by atoms with van der Waals surface area (Å²) < 4.78 is 11.3. The number of carbonyl (C=O) groups is 1. The summed E-state index contributed by atoms with van der Waals surface area (Å²) in [5, 5.41) is 0. The summed E-state index contributed by atoms with van der Waals surface area (Å²) in [5.41, 5.74) is 2.79. The fourth-order valence-electron chi connectivity index (χ4n) is 3.24. The molecular formula is C27H30N2O3. The van der Waals surface area contributed by atoms with Crippen LogP contribution in [-0.4, -0.2) is 36.6 Å². The first kappa shape index (κ1) is 23.1. The summed E-state index contributed by atoms with van der Waals surface area (Å²) in [6.07, 6.45) is 0.684. The molecule has 166 valence electrons. The Labute approximate surface area is 190 Å². The minimum absolute atomic E-state index is 0.123. The third-order valence-corrected chi connectivity index (χ3v) is 4.85. The topological polar surface area (TPSA) is 51.1 Å². The van der Waals surface area contributed by atoms with Crippen molar-refractivity contribution in [1.29, 1.82) is 0 Å². The molecule has 0 N–H and O–H groups in total. The maximum absolute atomic E-state index is 13.0. The highest BCUT2D eigenvalue weighted by atomic mass is 16.5. The lowest BCUT2D eigenvalue weighted by Gasteiger charge is -2.27. The predicted molar refractivity (Wildman–Crippen MR) is 128 cm³/mol. The first-order valence-electron chi connectivity index (χ1n) is 10.8. The monoisotopic (exact) mass is 430 g/mol. The summed E-state index contributed by atoms with van der Waals surface area (Å²) in [6, 6.07) is 27.7. The molecule has 3 aromatic rings. The normalized spacial score (nSPS) is 11.3. The van der Waals surface area contributed by atoms with Crippen LogP contribution >= 0.6 is 0 Å². The van der Waals surface area contributed by atoms with Crippen molar-refractivity contribution in [3.63, 3.8) is 0 Å². The highest BCUT2D eigenvalue weighted by Crippen LogP contribution is 2.15. The molecule has 0 aliphatic rings. The van der Waals surface area contributed by atoms with Crippen molar-refractivity contribution >= 4 is 11.9 Å². The SMILES string of the molecule is COc1cccc(C(=O)N=C(OC(C)C)N(CCc2ccccc2)Cc2ccccc2)c1. The van der Waals surface area contributed by atoms with Gasteiger partial charge in [0.15, 0.2) is 0 Å². The number of aliphatic imine (C=N–C) groups is 1. The molecule has 0 unspecified atom stereocenters. The Morgan fingerprint density at radius 3 is 2.19 bits per heavy atom. The van der Waals surface area contributed by atoms with Crippen LogP contribution in [0.1, 0.15) is 35.3 Å². The molecule has 0 aliphatic carbocycles. The van der Waals surface area contributed by atoms with Gasteiger partial charge in [-0.05, 0) is 49.6 Å². The van der Waals surface area contributed by atoms with Gasteiger partial charge in [0.1, 0.15) is 5.75 Å². The quantitative estimate of drug-likeness (QED) is 0.357. The van der Waals surface area contributed by atoms with E-state index in [0.29, 0.717) is 30.4 Å². The molecule has 32 heavy (non-hydrogen) atoms. The number of methoxy groups -OCH3 is 1. The smallest absolute Gasteiger partial charge is 0.296 e. The molecule has 0 radical (unpaired) electrons. The van der Waals surface area contributed by atoms with Crippen LogP contribution in [0.3, 0.4) is 0 Å². The van der Waals surface area contributed by atoms with E-state index >= 15 is 0 Å². The van der Waals surface area contributed by atoms with Gasteiger partial charge in [0.25, 0.3) is 11.9 Å². The molecule has 0 spiro atoms. The third kappa shape index (κ3) is 6.98. The van der Waals surface area contributed by atoms with E-state index in [1.807, 2.05) is 55.1 Å². The summed E-state index contributed by atoms with van der Waals surface area (Å²) in [7, 11) is 1.57. The number of amides is 1. The van der Waals surface area contributed by atoms with Crippen molar-refractivity contribution in [2.75, 3.05) is 13.7 Å². The van der Waals surface area contributed by atoms with E-state index in [9.17, 15) is 4.79 Å².